The summed E-state index contributed by atoms with van der Waals surface area (Å²) in [4.78, 5) is 37.5. The third kappa shape index (κ3) is 5.70. The fourth-order valence-electron chi connectivity index (χ4n) is 2.54. The molecular formula is C19H22N2O4S. The largest absolute Gasteiger partial charge is 0.481 e. The molecule has 2 aromatic rings. The minimum atomic E-state index is -0.963. The Morgan fingerprint density at radius 3 is 2.62 bits per heavy atom. The minimum Gasteiger partial charge on any atom is -0.481 e. The molecule has 26 heavy (non-hydrogen) atoms. The maximum Gasteiger partial charge on any atom is 0.308 e. The van der Waals surface area contributed by atoms with Crippen molar-refractivity contribution in [1.29, 1.82) is 0 Å². The Morgan fingerprint density at radius 2 is 2.00 bits per heavy atom. The number of nitrogens with zero attached hydrogens (tertiary/aromatic N) is 1. The summed E-state index contributed by atoms with van der Waals surface area (Å²) in [7, 11) is 1.54. The van der Waals surface area contributed by atoms with Crippen LogP contribution in [0.3, 0.4) is 0 Å². The fraction of sp³-hybridized carbons (Fsp3) is 0.316. The van der Waals surface area contributed by atoms with Gasteiger partial charge in [0.15, 0.2) is 0 Å². The Labute approximate surface area is 156 Å². The molecule has 2 N–H and O–H groups in total. The number of nitrogens with one attached hydrogen (secondary N) is 1. The van der Waals surface area contributed by atoms with Crippen molar-refractivity contribution < 1.29 is 19.5 Å². The first-order valence-corrected chi connectivity index (χ1v) is 9.09. The van der Waals surface area contributed by atoms with Crippen molar-refractivity contribution in [1.82, 2.24) is 10.2 Å². The normalized spacial score (nSPS) is 11.6. The first-order valence-electron chi connectivity index (χ1n) is 8.21. The molecule has 0 aliphatic carbocycles. The van der Waals surface area contributed by atoms with E-state index in [2.05, 4.69) is 5.32 Å². The number of carbonyl (C=O) groups is 3. The molecule has 6 nitrogen and oxygen atoms in total. The molecule has 1 aromatic carbocycles. The molecule has 0 aliphatic heterocycles. The zero-order valence-electron chi connectivity index (χ0n) is 14.8. The van der Waals surface area contributed by atoms with Crippen LogP contribution in [0.15, 0.2) is 41.8 Å². The van der Waals surface area contributed by atoms with E-state index in [-0.39, 0.29) is 24.9 Å². The summed E-state index contributed by atoms with van der Waals surface area (Å²) in [6.07, 6.45) is 0.335. The molecule has 1 aromatic heterocycles. The minimum absolute atomic E-state index is 0.0170. The van der Waals surface area contributed by atoms with Crippen LogP contribution in [0.25, 0.3) is 0 Å². The van der Waals surface area contributed by atoms with Gasteiger partial charge in [0, 0.05) is 13.6 Å². The molecule has 1 unspecified atom stereocenters. The lowest BCUT2D eigenvalue weighted by molar-refractivity contribution is -0.141. The van der Waals surface area contributed by atoms with E-state index in [0.717, 1.165) is 11.1 Å². The number of rotatable bonds is 8. The number of hydrogen-bond donors (Lipinski definition) is 2. The monoisotopic (exact) mass is 374 g/mol. The topological polar surface area (TPSA) is 86.7 Å². The first kappa shape index (κ1) is 19.7. The Kier molecular flexibility index (Phi) is 6.91. The van der Waals surface area contributed by atoms with Gasteiger partial charge in [-0.05, 0) is 30.4 Å². The number of thiophene rings is 1. The van der Waals surface area contributed by atoms with Crippen LogP contribution in [0.5, 0.6) is 0 Å². The molecule has 0 saturated carbocycles. The van der Waals surface area contributed by atoms with Crippen LogP contribution in [-0.2, 0) is 16.0 Å². The summed E-state index contributed by atoms with van der Waals surface area (Å²) < 4.78 is 0. The summed E-state index contributed by atoms with van der Waals surface area (Å²) in [5, 5.41) is 13.8. The second-order valence-corrected chi connectivity index (χ2v) is 7.12. The third-order valence-corrected chi connectivity index (χ3v) is 4.78. The Bertz CT molecular complexity index is 774. The van der Waals surface area contributed by atoms with Gasteiger partial charge in [-0.2, -0.15) is 0 Å². The average Bonchev–Trinajstić information content (AvgIpc) is 3.12. The molecule has 2 amide bonds. The van der Waals surface area contributed by atoms with Crippen LogP contribution in [0, 0.1) is 12.8 Å². The average molecular weight is 374 g/mol. The SMILES string of the molecule is Cc1cccc(CC(CNC(=O)CN(C)C(=O)c2cccs2)C(=O)O)c1. The first-order chi connectivity index (χ1) is 12.4. The van der Waals surface area contributed by atoms with Crippen LogP contribution in [-0.4, -0.2) is 47.9 Å². The predicted molar refractivity (Wildman–Crippen MR) is 100 cm³/mol. The third-order valence-electron chi connectivity index (χ3n) is 3.92. The van der Waals surface area contributed by atoms with Gasteiger partial charge in [-0.15, -0.1) is 11.3 Å². The molecule has 0 saturated heterocycles. The van der Waals surface area contributed by atoms with Crippen LogP contribution in [0.4, 0.5) is 0 Å². The number of carbonyl (C=O) groups excluding carboxylic acids is 2. The number of amides is 2. The molecule has 0 radical (unpaired) electrons. The highest BCUT2D eigenvalue weighted by atomic mass is 32.1. The highest BCUT2D eigenvalue weighted by molar-refractivity contribution is 7.12. The smallest absolute Gasteiger partial charge is 0.308 e. The standard InChI is InChI=1S/C19H22N2O4S/c1-13-5-3-6-14(9-13)10-15(19(24)25)11-20-17(22)12-21(2)18(23)16-7-4-8-26-16/h3-9,15H,10-12H2,1-2H3,(H,20,22)(H,24,25). The molecule has 0 fully saturated rings. The number of hydrogen-bond acceptors (Lipinski definition) is 4. The van der Waals surface area contributed by atoms with Crippen LogP contribution in [0.2, 0.25) is 0 Å². The zero-order chi connectivity index (χ0) is 19.1. The van der Waals surface area contributed by atoms with Crippen molar-refractivity contribution in [3.05, 3.63) is 57.8 Å². The molecule has 0 aliphatic rings. The second kappa shape index (κ2) is 9.15. The van der Waals surface area contributed by atoms with Gasteiger partial charge in [0.25, 0.3) is 5.91 Å². The Morgan fingerprint density at radius 1 is 1.23 bits per heavy atom. The second-order valence-electron chi connectivity index (χ2n) is 6.17. The predicted octanol–water partition coefficient (Wildman–Crippen LogP) is 2.19. The molecule has 1 heterocycles. The van der Waals surface area contributed by atoms with Crippen molar-refractivity contribution in [3.8, 4) is 0 Å². The summed E-state index contributed by atoms with van der Waals surface area (Å²) in [5.74, 6) is -2.30. The Balaban J connectivity index is 1.87. The zero-order valence-corrected chi connectivity index (χ0v) is 15.6. The van der Waals surface area contributed by atoms with Crippen molar-refractivity contribution in [3.63, 3.8) is 0 Å². The molecule has 138 valence electrons. The lowest BCUT2D eigenvalue weighted by atomic mass is 9.98. The number of aliphatic carboxylic acids is 1. The molecule has 1 atom stereocenters. The fourth-order valence-corrected chi connectivity index (χ4v) is 3.26. The highest BCUT2D eigenvalue weighted by Crippen LogP contribution is 2.12. The van der Waals surface area contributed by atoms with Gasteiger partial charge in [-0.25, -0.2) is 0 Å². The molecule has 2 rings (SSSR count). The van der Waals surface area contributed by atoms with Crippen LogP contribution >= 0.6 is 11.3 Å². The highest BCUT2D eigenvalue weighted by Gasteiger charge is 2.20. The lowest BCUT2D eigenvalue weighted by Gasteiger charge is -2.18. The van der Waals surface area contributed by atoms with Crippen molar-refractivity contribution in [2.75, 3.05) is 20.1 Å². The van der Waals surface area contributed by atoms with Gasteiger partial charge in [-0.3, -0.25) is 14.4 Å². The maximum absolute atomic E-state index is 12.1. The molecule has 0 bridgehead atoms. The number of likely N-dealkylation sites (N-methyl/N-ethyl adjacent to an activating group) is 1. The van der Waals surface area contributed by atoms with E-state index >= 15 is 0 Å². The van der Waals surface area contributed by atoms with E-state index in [1.807, 2.05) is 31.2 Å². The van der Waals surface area contributed by atoms with E-state index in [1.165, 1.54) is 16.2 Å². The van der Waals surface area contributed by atoms with E-state index in [4.69, 9.17) is 0 Å². The number of benzene rings is 1. The summed E-state index contributed by atoms with van der Waals surface area (Å²) >= 11 is 1.31. The number of carboxylic acids is 1. The van der Waals surface area contributed by atoms with E-state index < -0.39 is 11.9 Å². The lowest BCUT2D eigenvalue weighted by Crippen LogP contribution is -2.41. The summed E-state index contributed by atoms with van der Waals surface area (Å²) in [6.45, 7) is 1.85. The van der Waals surface area contributed by atoms with Crippen LogP contribution < -0.4 is 5.32 Å². The van der Waals surface area contributed by atoms with Crippen molar-refractivity contribution in [2.45, 2.75) is 13.3 Å². The van der Waals surface area contributed by atoms with Gasteiger partial charge in [0.05, 0.1) is 17.3 Å². The number of aryl methyl sites for hydroxylation is 1. The van der Waals surface area contributed by atoms with Gasteiger partial charge >= 0.3 is 5.97 Å². The van der Waals surface area contributed by atoms with Gasteiger partial charge < -0.3 is 15.3 Å². The van der Waals surface area contributed by atoms with E-state index in [0.29, 0.717) is 11.3 Å². The van der Waals surface area contributed by atoms with Gasteiger partial charge in [0.2, 0.25) is 5.91 Å². The van der Waals surface area contributed by atoms with E-state index in [1.54, 1.807) is 24.6 Å². The maximum atomic E-state index is 12.1. The van der Waals surface area contributed by atoms with Gasteiger partial charge in [-0.1, -0.05) is 35.9 Å². The van der Waals surface area contributed by atoms with Crippen molar-refractivity contribution >= 4 is 29.1 Å². The van der Waals surface area contributed by atoms with Crippen LogP contribution in [0.1, 0.15) is 20.8 Å². The molecule has 0 spiro atoms. The molecular weight excluding hydrogens is 352 g/mol. The van der Waals surface area contributed by atoms with E-state index in [9.17, 15) is 19.5 Å². The summed E-state index contributed by atoms with van der Waals surface area (Å²) in [6, 6.07) is 11.1. The quantitative estimate of drug-likeness (QED) is 0.742. The van der Waals surface area contributed by atoms with Gasteiger partial charge in [0.1, 0.15) is 0 Å². The summed E-state index contributed by atoms with van der Waals surface area (Å²) in [5.41, 5.74) is 1.97. The molecule has 7 heteroatoms. The Hall–Kier alpha value is -2.67. The van der Waals surface area contributed by atoms with Crippen molar-refractivity contribution in [2.24, 2.45) is 5.92 Å². The number of carboxylic acid groups (broad SMARTS) is 1.